The lowest BCUT2D eigenvalue weighted by Gasteiger charge is -2.16. The first kappa shape index (κ1) is 16.0. The Morgan fingerprint density at radius 2 is 2.24 bits per heavy atom. The largest absolute Gasteiger partial charge is 0.455 e. The van der Waals surface area contributed by atoms with Crippen molar-refractivity contribution < 1.29 is 22.4 Å². The van der Waals surface area contributed by atoms with Gasteiger partial charge in [-0.15, -0.1) is 0 Å². The lowest BCUT2D eigenvalue weighted by atomic mass is 10.00. The van der Waals surface area contributed by atoms with Crippen molar-refractivity contribution >= 4 is 15.9 Å². The molecule has 0 radical (unpaired) electrons. The first-order chi connectivity index (χ1) is 9.82. The summed E-state index contributed by atoms with van der Waals surface area (Å²) in [5, 5.41) is 7.79. The molecule has 0 aromatic carbocycles. The summed E-state index contributed by atoms with van der Waals surface area (Å²) in [5.41, 5.74) is 0. The van der Waals surface area contributed by atoms with E-state index in [0.29, 0.717) is 13.2 Å². The van der Waals surface area contributed by atoms with Crippen LogP contribution < -0.4 is 10.5 Å². The van der Waals surface area contributed by atoms with Gasteiger partial charge >= 0.3 is 0 Å². The van der Waals surface area contributed by atoms with Gasteiger partial charge in [-0.2, -0.15) is 0 Å². The summed E-state index contributed by atoms with van der Waals surface area (Å²) in [6.45, 7) is 4.67. The molecule has 8 heteroatoms. The predicted octanol–water partition coefficient (Wildman–Crippen LogP) is 0.780. The summed E-state index contributed by atoms with van der Waals surface area (Å²) in [4.78, 5) is 11.8. The molecule has 1 aromatic heterocycles. The second-order valence-corrected chi connectivity index (χ2v) is 6.68. The van der Waals surface area contributed by atoms with Crippen molar-refractivity contribution in [2.45, 2.75) is 37.7 Å². The molecule has 118 valence electrons. The molecule has 7 nitrogen and oxygen atoms in total. The second-order valence-electron chi connectivity index (χ2n) is 5.15. The highest BCUT2D eigenvalue weighted by atomic mass is 32.2. The number of rotatable bonds is 5. The quantitative estimate of drug-likeness (QED) is 0.833. The molecule has 0 aliphatic carbocycles. The van der Waals surface area contributed by atoms with Crippen molar-refractivity contribution in [3.63, 3.8) is 0 Å². The van der Waals surface area contributed by atoms with Crippen molar-refractivity contribution in [2.75, 3.05) is 13.2 Å². The van der Waals surface area contributed by atoms with Crippen molar-refractivity contribution in [3.05, 3.63) is 17.6 Å². The van der Waals surface area contributed by atoms with Crippen LogP contribution in [-0.4, -0.2) is 33.6 Å². The number of amides is 1. The number of furan rings is 1. The number of primary sulfonamides is 1. The zero-order valence-corrected chi connectivity index (χ0v) is 12.9. The Hall–Kier alpha value is -1.38. The van der Waals surface area contributed by atoms with E-state index in [1.807, 2.05) is 6.92 Å². The van der Waals surface area contributed by atoms with Gasteiger partial charge in [-0.1, -0.05) is 6.92 Å². The fraction of sp³-hybridized carbons (Fsp3) is 0.615. The zero-order chi connectivity index (χ0) is 15.6. The molecule has 1 fully saturated rings. The molecular weight excluding hydrogens is 296 g/mol. The van der Waals surface area contributed by atoms with Crippen molar-refractivity contribution in [1.29, 1.82) is 0 Å². The van der Waals surface area contributed by atoms with Gasteiger partial charge in [0.25, 0.3) is 5.91 Å². The molecular formula is C13H20N2O5S. The fourth-order valence-electron chi connectivity index (χ4n) is 2.55. The van der Waals surface area contributed by atoms with Crippen LogP contribution in [0.4, 0.5) is 0 Å². The summed E-state index contributed by atoms with van der Waals surface area (Å²) in [6, 6.07) is 1.16. The van der Waals surface area contributed by atoms with Crippen LogP contribution in [0.25, 0.3) is 0 Å². The molecule has 1 saturated heterocycles. The molecule has 0 saturated carbocycles. The summed E-state index contributed by atoms with van der Waals surface area (Å²) in [6.07, 6.45) is 1.96. The average molecular weight is 316 g/mol. The van der Waals surface area contributed by atoms with E-state index in [9.17, 15) is 13.2 Å². The van der Waals surface area contributed by atoms with Gasteiger partial charge in [0.05, 0.1) is 6.10 Å². The van der Waals surface area contributed by atoms with Gasteiger partial charge in [0.15, 0.2) is 5.76 Å². The van der Waals surface area contributed by atoms with Crippen LogP contribution in [0.15, 0.2) is 15.4 Å². The SMILES string of the molecule is CCC1OCCC1CNC(=O)c1cc(S(N)(=O)=O)c(C)o1. The van der Waals surface area contributed by atoms with Gasteiger partial charge in [0.2, 0.25) is 10.0 Å². The van der Waals surface area contributed by atoms with Gasteiger partial charge in [-0.3, -0.25) is 4.79 Å². The molecule has 0 spiro atoms. The molecule has 2 atom stereocenters. The Morgan fingerprint density at radius 3 is 2.81 bits per heavy atom. The van der Waals surface area contributed by atoms with E-state index in [1.54, 1.807) is 0 Å². The number of aryl methyl sites for hydroxylation is 1. The van der Waals surface area contributed by atoms with E-state index >= 15 is 0 Å². The molecule has 2 unspecified atom stereocenters. The van der Waals surface area contributed by atoms with Crippen molar-refractivity contribution in [2.24, 2.45) is 11.1 Å². The summed E-state index contributed by atoms with van der Waals surface area (Å²) >= 11 is 0. The number of nitrogens with two attached hydrogens (primary N) is 1. The molecule has 1 aromatic rings. The third-order valence-electron chi connectivity index (χ3n) is 3.68. The number of ether oxygens (including phenoxy) is 1. The number of nitrogens with one attached hydrogen (secondary N) is 1. The molecule has 3 N–H and O–H groups in total. The maximum Gasteiger partial charge on any atom is 0.287 e. The summed E-state index contributed by atoms with van der Waals surface area (Å²) < 4.78 is 33.3. The highest BCUT2D eigenvalue weighted by Crippen LogP contribution is 2.23. The Morgan fingerprint density at radius 1 is 1.52 bits per heavy atom. The van der Waals surface area contributed by atoms with E-state index in [-0.39, 0.29) is 28.4 Å². The van der Waals surface area contributed by atoms with E-state index in [2.05, 4.69) is 5.32 Å². The highest BCUT2D eigenvalue weighted by Gasteiger charge is 2.28. The second kappa shape index (κ2) is 6.17. The Bertz CT molecular complexity index is 623. The lowest BCUT2D eigenvalue weighted by Crippen LogP contribution is -2.32. The fourth-order valence-corrected chi connectivity index (χ4v) is 3.26. The smallest absolute Gasteiger partial charge is 0.287 e. The standard InChI is InChI=1S/C13H20N2O5S/c1-3-10-9(4-5-19-10)7-15-13(16)11-6-12(8(2)20-11)21(14,17)18/h6,9-10H,3-5,7H2,1-2H3,(H,15,16)(H2,14,17,18). The van der Waals surface area contributed by atoms with Crippen LogP contribution in [0.1, 0.15) is 36.1 Å². The maximum absolute atomic E-state index is 12.0. The molecule has 2 rings (SSSR count). The van der Waals surface area contributed by atoms with Gasteiger partial charge in [0.1, 0.15) is 10.7 Å². The van der Waals surface area contributed by atoms with Gasteiger partial charge < -0.3 is 14.5 Å². The maximum atomic E-state index is 12.0. The van der Waals surface area contributed by atoms with Gasteiger partial charge in [-0.25, -0.2) is 13.6 Å². The molecule has 0 bridgehead atoms. The van der Waals surface area contributed by atoms with E-state index in [4.69, 9.17) is 14.3 Å². The minimum absolute atomic E-state index is 0.0523. The Labute approximate surface area is 123 Å². The van der Waals surface area contributed by atoms with Crippen LogP contribution in [0, 0.1) is 12.8 Å². The minimum atomic E-state index is -3.88. The van der Waals surface area contributed by atoms with E-state index in [0.717, 1.165) is 18.9 Å². The number of sulfonamides is 1. The molecule has 1 amide bonds. The van der Waals surface area contributed by atoms with Crippen LogP contribution in [-0.2, 0) is 14.8 Å². The van der Waals surface area contributed by atoms with Crippen LogP contribution in [0.5, 0.6) is 0 Å². The predicted molar refractivity (Wildman–Crippen MR) is 75.3 cm³/mol. The lowest BCUT2D eigenvalue weighted by molar-refractivity contribution is 0.0815. The molecule has 1 aliphatic rings. The summed E-state index contributed by atoms with van der Waals surface area (Å²) in [7, 11) is -3.88. The van der Waals surface area contributed by atoms with E-state index in [1.165, 1.54) is 6.92 Å². The number of hydrogen-bond donors (Lipinski definition) is 2. The topological polar surface area (TPSA) is 112 Å². The third kappa shape index (κ3) is 3.63. The van der Waals surface area contributed by atoms with Crippen molar-refractivity contribution in [3.8, 4) is 0 Å². The van der Waals surface area contributed by atoms with Gasteiger partial charge in [0, 0.05) is 25.1 Å². The highest BCUT2D eigenvalue weighted by molar-refractivity contribution is 7.89. The molecule has 21 heavy (non-hydrogen) atoms. The van der Waals surface area contributed by atoms with Crippen molar-refractivity contribution in [1.82, 2.24) is 5.32 Å². The molecule has 1 aliphatic heterocycles. The number of carbonyl (C=O) groups is 1. The average Bonchev–Trinajstić information content (AvgIpc) is 3.00. The monoisotopic (exact) mass is 316 g/mol. The van der Waals surface area contributed by atoms with Crippen LogP contribution in [0.3, 0.4) is 0 Å². The van der Waals surface area contributed by atoms with E-state index < -0.39 is 15.9 Å². The Kier molecular flexibility index (Phi) is 4.70. The minimum Gasteiger partial charge on any atom is -0.455 e. The van der Waals surface area contributed by atoms with Crippen LogP contribution >= 0.6 is 0 Å². The van der Waals surface area contributed by atoms with Gasteiger partial charge in [-0.05, 0) is 19.8 Å². The number of carbonyl (C=O) groups excluding carboxylic acids is 1. The molecule has 2 heterocycles. The summed E-state index contributed by atoms with van der Waals surface area (Å²) in [5.74, 6) is -0.121. The first-order valence-corrected chi connectivity index (χ1v) is 8.40. The number of hydrogen-bond acceptors (Lipinski definition) is 5. The zero-order valence-electron chi connectivity index (χ0n) is 12.1. The normalized spacial score (nSPS) is 22.4. The first-order valence-electron chi connectivity index (χ1n) is 6.86. The third-order valence-corrected chi connectivity index (χ3v) is 4.69. The Balaban J connectivity index is 2.01. The van der Waals surface area contributed by atoms with Crippen LogP contribution in [0.2, 0.25) is 0 Å².